The Bertz CT molecular complexity index is 1080. The lowest BCUT2D eigenvalue weighted by atomic mass is 9.11. The minimum absolute atomic E-state index is 0.544. The molecule has 1 saturated carbocycles. The van der Waals surface area contributed by atoms with Gasteiger partial charge in [0, 0.05) is 0 Å². The summed E-state index contributed by atoms with van der Waals surface area (Å²) in [5.41, 5.74) is -8.92. The van der Waals surface area contributed by atoms with Gasteiger partial charge < -0.3 is 4.74 Å². The normalized spacial score (nSPS) is 28.0. The van der Waals surface area contributed by atoms with Gasteiger partial charge in [0.25, 0.3) is 0 Å². The number of hydrogen-bond donors (Lipinski definition) is 0. The van der Waals surface area contributed by atoms with Crippen LogP contribution < -0.4 is 0 Å². The first kappa shape index (κ1) is 26.4. The van der Waals surface area contributed by atoms with E-state index < -0.39 is 49.5 Å². The molecule has 0 aliphatic heterocycles. The molecule has 6 nitrogen and oxygen atoms in total. The lowest BCUT2D eigenvalue weighted by Gasteiger charge is -2.83. The quantitative estimate of drug-likeness (QED) is 0.367. The van der Waals surface area contributed by atoms with Crippen LogP contribution in [-0.2, 0) is 9.53 Å². The molecule has 0 unspecified atom stereocenters. The van der Waals surface area contributed by atoms with Crippen LogP contribution in [0.4, 0.5) is 0 Å². The van der Waals surface area contributed by atoms with Crippen LogP contribution in [-0.4, -0.2) is 11.6 Å². The second-order valence-corrected chi connectivity index (χ2v) is 13.4. The summed E-state index contributed by atoms with van der Waals surface area (Å²) in [6, 6.07) is 8.26. The van der Waals surface area contributed by atoms with Crippen molar-refractivity contribution in [2.24, 2.45) is 37.9 Å². The van der Waals surface area contributed by atoms with E-state index in [0.29, 0.717) is 5.57 Å². The molecular weight excluding hydrogens is 412 g/mol. The number of nitrogens with zero attached hydrogens (tertiary/aromatic N) is 4. The van der Waals surface area contributed by atoms with Crippen LogP contribution in [0.25, 0.3) is 0 Å². The Balaban J connectivity index is 3.39. The molecule has 0 aromatic heterocycles. The Morgan fingerprint density at radius 2 is 1.03 bits per heavy atom. The number of esters is 1. The monoisotopic (exact) mass is 448 g/mol. The predicted molar refractivity (Wildman–Crippen MR) is 123 cm³/mol. The molecule has 2 rings (SSSR count). The fourth-order valence-electron chi connectivity index (χ4n) is 6.98. The number of carbonyl (C=O) groups is 1. The first-order chi connectivity index (χ1) is 14.6. The number of hydrogen-bond acceptors (Lipinski definition) is 6. The maximum Gasteiger partial charge on any atom is 0.320 e. The van der Waals surface area contributed by atoms with Gasteiger partial charge in [-0.25, -0.2) is 0 Å². The largest absolute Gasteiger partial charge is 0.459 e. The number of rotatable bonds is 1. The summed E-state index contributed by atoms with van der Waals surface area (Å²) in [6.07, 6.45) is 0. The van der Waals surface area contributed by atoms with E-state index in [-0.39, 0.29) is 0 Å². The van der Waals surface area contributed by atoms with Gasteiger partial charge in [0.1, 0.15) is 11.0 Å². The number of nitriles is 4. The molecule has 0 saturated heterocycles. The standard InChI is InChI=1S/C27H36N4O2/c1-20(2,3)17-18(21(4,5)6)27(22(7,8)9)25(15-30,16-31)24(13-28,14-29)26(17,27)19(32)33-23(10,11)12/h1-12H3/t26-,27+/m0/s1. The van der Waals surface area contributed by atoms with E-state index in [1.165, 1.54) is 0 Å². The molecule has 0 bridgehead atoms. The number of carbonyl (C=O) groups excluding carboxylic acids is 1. The van der Waals surface area contributed by atoms with Crippen LogP contribution in [0.5, 0.6) is 0 Å². The van der Waals surface area contributed by atoms with Gasteiger partial charge in [-0.05, 0) is 42.6 Å². The second-order valence-electron chi connectivity index (χ2n) is 13.4. The van der Waals surface area contributed by atoms with Crippen LogP contribution in [0.3, 0.4) is 0 Å². The summed E-state index contributed by atoms with van der Waals surface area (Å²) in [5, 5.41) is 42.1. The number of ether oxygens (including phenoxy) is 1. The SMILES string of the molecule is CC(C)(C)OC(=O)[C@]12C(C(C)(C)C)=C(C(C)(C)C)[C@@]1(C(C)(C)C)C(C#N)(C#N)C2(C#N)C#N. The van der Waals surface area contributed by atoms with Crippen molar-refractivity contribution in [2.45, 2.75) is 88.7 Å². The van der Waals surface area contributed by atoms with E-state index in [2.05, 4.69) is 12.1 Å². The fraction of sp³-hybridized carbons (Fsp3) is 0.741. The molecule has 2 aliphatic rings. The summed E-state index contributed by atoms with van der Waals surface area (Å²) in [5.74, 6) is -0.716. The van der Waals surface area contributed by atoms with Gasteiger partial charge >= 0.3 is 5.97 Å². The molecule has 2 aliphatic carbocycles. The number of allylic oxidation sites excluding steroid dienone is 1. The van der Waals surface area contributed by atoms with Crippen LogP contribution in [0.1, 0.15) is 83.1 Å². The van der Waals surface area contributed by atoms with E-state index in [1.54, 1.807) is 20.8 Å². The molecule has 2 atom stereocenters. The highest BCUT2D eigenvalue weighted by Crippen LogP contribution is 2.95. The average molecular weight is 449 g/mol. The van der Waals surface area contributed by atoms with Gasteiger partial charge in [0.05, 0.1) is 29.7 Å². The average Bonchev–Trinajstić information content (AvgIpc) is 2.56. The highest BCUT2D eigenvalue weighted by atomic mass is 16.6. The molecule has 176 valence electrons. The number of fused-ring (bicyclic) bond motifs is 1. The van der Waals surface area contributed by atoms with Crippen molar-refractivity contribution in [3.8, 4) is 24.3 Å². The zero-order valence-corrected chi connectivity index (χ0v) is 22.1. The van der Waals surface area contributed by atoms with Gasteiger partial charge in [0.2, 0.25) is 0 Å². The first-order valence-electron chi connectivity index (χ1n) is 11.3. The molecule has 1 fully saturated rings. The van der Waals surface area contributed by atoms with E-state index in [9.17, 15) is 25.8 Å². The van der Waals surface area contributed by atoms with Crippen molar-refractivity contribution in [1.82, 2.24) is 0 Å². The maximum atomic E-state index is 14.3. The third kappa shape index (κ3) is 2.48. The molecule has 0 N–H and O–H groups in total. The van der Waals surface area contributed by atoms with Crippen molar-refractivity contribution < 1.29 is 9.53 Å². The minimum atomic E-state index is -2.23. The van der Waals surface area contributed by atoms with Gasteiger partial charge in [-0.3, -0.25) is 4.79 Å². The topological polar surface area (TPSA) is 121 Å². The molecule has 0 amide bonds. The molecule has 6 heteroatoms. The molecule has 0 aromatic carbocycles. The Hall–Kier alpha value is -2.83. The molecule has 0 aromatic rings. The predicted octanol–water partition coefficient (Wildman–Crippen LogP) is 5.83. The Kier molecular flexibility index (Phi) is 5.29. The Labute approximate surface area is 198 Å². The molecular formula is C27H36N4O2. The van der Waals surface area contributed by atoms with Crippen LogP contribution in [0.2, 0.25) is 0 Å². The van der Waals surface area contributed by atoms with Gasteiger partial charge in [-0.1, -0.05) is 67.9 Å². The highest BCUT2D eigenvalue weighted by molar-refractivity contribution is 5.96. The molecule has 0 spiro atoms. The highest BCUT2D eigenvalue weighted by Gasteiger charge is 3.02. The Morgan fingerprint density at radius 3 is 1.27 bits per heavy atom. The van der Waals surface area contributed by atoms with Crippen molar-refractivity contribution in [1.29, 1.82) is 21.0 Å². The third-order valence-electron chi connectivity index (χ3n) is 7.25. The first-order valence-corrected chi connectivity index (χ1v) is 11.3. The summed E-state index contributed by atoms with van der Waals surface area (Å²) in [6.45, 7) is 22.6. The van der Waals surface area contributed by atoms with Crippen LogP contribution >= 0.6 is 0 Å². The van der Waals surface area contributed by atoms with Crippen LogP contribution in [0, 0.1) is 83.2 Å². The molecule has 33 heavy (non-hydrogen) atoms. The smallest absolute Gasteiger partial charge is 0.320 e. The maximum absolute atomic E-state index is 14.3. The lowest BCUT2D eigenvalue weighted by Crippen LogP contribution is -2.90. The van der Waals surface area contributed by atoms with E-state index >= 15 is 0 Å². The summed E-state index contributed by atoms with van der Waals surface area (Å²) in [4.78, 5) is 14.3. The van der Waals surface area contributed by atoms with Gasteiger partial charge in [-0.2, -0.15) is 21.0 Å². The summed E-state index contributed by atoms with van der Waals surface area (Å²) < 4.78 is 5.92. The third-order valence-corrected chi connectivity index (χ3v) is 7.25. The Morgan fingerprint density at radius 1 is 0.667 bits per heavy atom. The summed E-state index contributed by atoms with van der Waals surface area (Å²) in [7, 11) is 0. The van der Waals surface area contributed by atoms with Crippen molar-refractivity contribution in [2.75, 3.05) is 0 Å². The summed E-state index contributed by atoms with van der Waals surface area (Å²) >= 11 is 0. The zero-order chi connectivity index (χ0) is 26.3. The van der Waals surface area contributed by atoms with Crippen molar-refractivity contribution in [3.05, 3.63) is 11.1 Å². The van der Waals surface area contributed by atoms with Crippen molar-refractivity contribution in [3.63, 3.8) is 0 Å². The second kappa shape index (κ2) is 6.61. The van der Waals surface area contributed by atoms with Gasteiger partial charge in [-0.15, -0.1) is 0 Å². The van der Waals surface area contributed by atoms with E-state index in [4.69, 9.17) is 4.74 Å². The molecule has 0 radical (unpaired) electrons. The van der Waals surface area contributed by atoms with E-state index in [1.807, 2.05) is 74.5 Å². The fourth-order valence-corrected chi connectivity index (χ4v) is 6.98. The van der Waals surface area contributed by atoms with E-state index in [0.717, 1.165) is 5.57 Å². The van der Waals surface area contributed by atoms with Crippen LogP contribution in [0.15, 0.2) is 11.1 Å². The lowest BCUT2D eigenvalue weighted by molar-refractivity contribution is -0.291. The van der Waals surface area contributed by atoms with Crippen molar-refractivity contribution >= 4 is 5.97 Å². The molecule has 0 heterocycles. The zero-order valence-electron chi connectivity index (χ0n) is 22.1. The minimum Gasteiger partial charge on any atom is -0.459 e. The van der Waals surface area contributed by atoms with Gasteiger partial charge in [0.15, 0.2) is 10.8 Å².